The molecule has 7 heteroatoms. The molecule has 0 saturated heterocycles. The van der Waals surface area contributed by atoms with E-state index in [9.17, 15) is 9.00 Å². The first kappa shape index (κ1) is 17.0. The summed E-state index contributed by atoms with van der Waals surface area (Å²) in [7, 11) is -0.983. The number of nitrogens with one attached hydrogen (secondary N) is 1. The largest absolute Gasteiger partial charge is 0.306 e. The van der Waals surface area contributed by atoms with Crippen molar-refractivity contribution in [2.75, 3.05) is 5.32 Å². The average molecular weight is 386 g/mol. The van der Waals surface area contributed by atoms with E-state index in [0.717, 1.165) is 22.5 Å². The predicted molar refractivity (Wildman–Crippen MR) is 103 cm³/mol. The molecule has 0 spiro atoms. The Labute approximate surface area is 158 Å². The van der Waals surface area contributed by atoms with E-state index in [-0.39, 0.29) is 5.91 Å². The van der Waals surface area contributed by atoms with Gasteiger partial charge in [-0.2, -0.15) is 5.10 Å². The molecule has 26 heavy (non-hydrogen) atoms. The van der Waals surface area contributed by atoms with Crippen LogP contribution >= 0.6 is 11.6 Å². The van der Waals surface area contributed by atoms with Gasteiger partial charge in [-0.1, -0.05) is 35.4 Å². The topological polar surface area (TPSA) is 64.0 Å². The van der Waals surface area contributed by atoms with E-state index < -0.39 is 10.8 Å². The molecule has 1 N–H and O–H groups in total. The first-order valence-corrected chi connectivity index (χ1v) is 9.97. The average Bonchev–Trinajstić information content (AvgIpc) is 3.12. The number of hydrogen-bond donors (Lipinski definition) is 1. The van der Waals surface area contributed by atoms with Gasteiger partial charge in [-0.3, -0.25) is 9.00 Å². The number of aryl methyl sites for hydroxylation is 1. The minimum Gasteiger partial charge on any atom is -0.306 e. The molecule has 1 aromatic heterocycles. The van der Waals surface area contributed by atoms with E-state index in [1.165, 1.54) is 0 Å². The molecular formula is C19H16ClN3O2S. The summed E-state index contributed by atoms with van der Waals surface area (Å²) in [4.78, 5) is 12.7. The number of anilines is 1. The van der Waals surface area contributed by atoms with Crippen molar-refractivity contribution in [2.45, 2.75) is 18.4 Å². The van der Waals surface area contributed by atoms with Crippen LogP contribution in [0.15, 0.2) is 48.5 Å². The summed E-state index contributed by atoms with van der Waals surface area (Å²) in [6.45, 7) is 1.97. The Kier molecular flexibility index (Phi) is 4.38. The first-order valence-electron chi connectivity index (χ1n) is 8.11. The van der Waals surface area contributed by atoms with Crippen LogP contribution in [0.3, 0.4) is 0 Å². The van der Waals surface area contributed by atoms with Crippen LogP contribution in [0.25, 0.3) is 5.69 Å². The molecule has 0 radical (unpaired) electrons. The fraction of sp³-hybridized carbons (Fsp3) is 0.158. The highest BCUT2D eigenvalue weighted by molar-refractivity contribution is 7.83. The van der Waals surface area contributed by atoms with Gasteiger partial charge in [0.2, 0.25) is 0 Å². The number of halogens is 1. The zero-order valence-electron chi connectivity index (χ0n) is 14.0. The molecule has 132 valence electrons. The quantitative estimate of drug-likeness (QED) is 0.744. The summed E-state index contributed by atoms with van der Waals surface area (Å²) < 4.78 is 13.6. The molecule has 0 unspecified atom stereocenters. The standard InChI is InChI=1S/C19H16ClN3O2S/c1-12-5-7-13(8-6-12)19(24)21-18-16-10-26(25)11-17(16)22-23(18)15-4-2-3-14(20)9-15/h2-9H,10-11H2,1H3,(H,21,24)/t26-/m0/s1. The highest BCUT2D eigenvalue weighted by Gasteiger charge is 2.28. The van der Waals surface area contributed by atoms with Gasteiger partial charge in [0.15, 0.2) is 0 Å². The molecule has 0 saturated carbocycles. The molecule has 1 amide bonds. The van der Waals surface area contributed by atoms with E-state index in [1.807, 2.05) is 31.2 Å². The second-order valence-corrected chi connectivity index (χ2v) is 8.11. The Balaban J connectivity index is 1.75. The Morgan fingerprint density at radius 1 is 1.19 bits per heavy atom. The fourth-order valence-corrected chi connectivity index (χ4v) is 4.38. The molecule has 1 aliphatic heterocycles. The summed E-state index contributed by atoms with van der Waals surface area (Å²) >= 11 is 6.10. The fourth-order valence-electron chi connectivity index (χ4n) is 2.94. The lowest BCUT2D eigenvalue weighted by atomic mass is 10.1. The minimum absolute atomic E-state index is 0.228. The Bertz CT molecular complexity index is 1030. The third-order valence-electron chi connectivity index (χ3n) is 4.27. The minimum atomic E-state index is -0.983. The van der Waals surface area contributed by atoms with Crippen LogP contribution in [-0.2, 0) is 22.3 Å². The molecular weight excluding hydrogens is 370 g/mol. The number of amides is 1. The van der Waals surface area contributed by atoms with Crippen LogP contribution in [0, 0.1) is 6.92 Å². The third kappa shape index (κ3) is 3.18. The van der Waals surface area contributed by atoms with Crippen LogP contribution in [0.1, 0.15) is 27.2 Å². The number of fused-ring (bicyclic) bond motifs is 1. The van der Waals surface area contributed by atoms with Gasteiger partial charge < -0.3 is 5.32 Å². The first-order chi connectivity index (χ1) is 12.5. The highest BCUT2D eigenvalue weighted by atomic mass is 35.5. The van der Waals surface area contributed by atoms with Crippen LogP contribution < -0.4 is 5.32 Å². The van der Waals surface area contributed by atoms with Crippen molar-refractivity contribution in [3.05, 3.63) is 75.9 Å². The maximum absolute atomic E-state index is 12.7. The monoisotopic (exact) mass is 385 g/mol. The third-order valence-corrected chi connectivity index (χ3v) is 5.71. The molecule has 0 aliphatic carbocycles. The van der Waals surface area contributed by atoms with Gasteiger partial charge in [0.1, 0.15) is 5.82 Å². The molecule has 0 fully saturated rings. The van der Waals surface area contributed by atoms with Gasteiger partial charge in [-0.15, -0.1) is 0 Å². The highest BCUT2D eigenvalue weighted by Crippen LogP contribution is 2.32. The molecule has 5 nitrogen and oxygen atoms in total. The number of rotatable bonds is 3. The lowest BCUT2D eigenvalue weighted by Gasteiger charge is -2.11. The number of benzene rings is 2. The summed E-state index contributed by atoms with van der Waals surface area (Å²) in [6, 6.07) is 14.6. The van der Waals surface area contributed by atoms with Crippen molar-refractivity contribution < 1.29 is 9.00 Å². The van der Waals surface area contributed by atoms with Gasteiger partial charge in [-0.25, -0.2) is 4.68 Å². The number of nitrogens with zero attached hydrogens (tertiary/aromatic N) is 2. The van der Waals surface area contributed by atoms with Gasteiger partial charge >= 0.3 is 0 Å². The normalized spacial score (nSPS) is 15.7. The molecule has 3 aromatic rings. The van der Waals surface area contributed by atoms with Crippen molar-refractivity contribution in [3.63, 3.8) is 0 Å². The van der Waals surface area contributed by atoms with E-state index in [2.05, 4.69) is 10.4 Å². The second-order valence-electron chi connectivity index (χ2n) is 6.21. The van der Waals surface area contributed by atoms with Crippen LogP contribution in [-0.4, -0.2) is 19.9 Å². The van der Waals surface area contributed by atoms with Crippen LogP contribution in [0.2, 0.25) is 5.02 Å². The molecule has 0 bridgehead atoms. The van der Waals surface area contributed by atoms with Crippen molar-refractivity contribution in [1.82, 2.24) is 9.78 Å². The molecule has 1 aliphatic rings. The van der Waals surface area contributed by atoms with Crippen molar-refractivity contribution in [2.24, 2.45) is 0 Å². The second kappa shape index (κ2) is 6.70. The molecule has 2 heterocycles. The summed E-state index contributed by atoms with van der Waals surface area (Å²) in [5, 5.41) is 8.09. The smallest absolute Gasteiger partial charge is 0.256 e. The van der Waals surface area contributed by atoms with E-state index >= 15 is 0 Å². The van der Waals surface area contributed by atoms with Crippen molar-refractivity contribution in [1.29, 1.82) is 0 Å². The van der Waals surface area contributed by atoms with Crippen LogP contribution in [0.5, 0.6) is 0 Å². The van der Waals surface area contributed by atoms with Crippen molar-refractivity contribution in [3.8, 4) is 5.69 Å². The van der Waals surface area contributed by atoms with E-state index in [0.29, 0.717) is 27.9 Å². The summed E-state index contributed by atoms with van der Waals surface area (Å²) in [6.07, 6.45) is 0. The number of carbonyl (C=O) groups excluding carboxylic acids is 1. The number of carbonyl (C=O) groups is 1. The van der Waals surface area contributed by atoms with Gasteiger partial charge in [0, 0.05) is 26.9 Å². The summed E-state index contributed by atoms with van der Waals surface area (Å²) in [5.74, 6) is 1.11. The SMILES string of the molecule is Cc1ccc(C(=O)Nc2c3c(nn2-c2cccc(Cl)c2)C[S@@](=O)C3)cc1. The summed E-state index contributed by atoms with van der Waals surface area (Å²) in [5.41, 5.74) is 3.97. The lowest BCUT2D eigenvalue weighted by molar-refractivity contribution is 0.102. The predicted octanol–water partition coefficient (Wildman–Crippen LogP) is 3.85. The van der Waals surface area contributed by atoms with Crippen molar-refractivity contribution >= 4 is 34.1 Å². The van der Waals surface area contributed by atoms with E-state index in [4.69, 9.17) is 11.6 Å². The number of aromatic nitrogens is 2. The Hall–Kier alpha value is -2.44. The maximum Gasteiger partial charge on any atom is 0.256 e. The molecule has 1 atom stereocenters. The number of hydrogen-bond acceptors (Lipinski definition) is 3. The van der Waals surface area contributed by atoms with Crippen LogP contribution in [0.4, 0.5) is 5.82 Å². The zero-order chi connectivity index (χ0) is 18.3. The van der Waals surface area contributed by atoms with Gasteiger partial charge in [0.25, 0.3) is 5.91 Å². The Morgan fingerprint density at radius 2 is 1.96 bits per heavy atom. The van der Waals surface area contributed by atoms with Gasteiger partial charge in [-0.05, 0) is 37.3 Å². The maximum atomic E-state index is 12.7. The Morgan fingerprint density at radius 3 is 2.69 bits per heavy atom. The lowest BCUT2D eigenvalue weighted by Crippen LogP contribution is -2.16. The van der Waals surface area contributed by atoms with Gasteiger partial charge in [0.05, 0.1) is 22.9 Å². The zero-order valence-corrected chi connectivity index (χ0v) is 15.6. The van der Waals surface area contributed by atoms with E-state index in [1.54, 1.807) is 28.9 Å². The molecule has 2 aromatic carbocycles. The molecule has 4 rings (SSSR count).